The van der Waals surface area contributed by atoms with Crippen LogP contribution in [0.5, 0.6) is 0 Å². The van der Waals surface area contributed by atoms with E-state index in [-0.39, 0.29) is 0 Å². The van der Waals surface area contributed by atoms with Crippen LogP contribution in [0.3, 0.4) is 0 Å². The Labute approximate surface area is 80.5 Å². The van der Waals surface area contributed by atoms with E-state index < -0.39 is 0 Å². The van der Waals surface area contributed by atoms with Gasteiger partial charge >= 0.3 is 0 Å². The van der Waals surface area contributed by atoms with E-state index in [9.17, 15) is 4.79 Å². The summed E-state index contributed by atoms with van der Waals surface area (Å²) in [5, 5.41) is 2.77. The Kier molecular flexibility index (Phi) is 4.22. The van der Waals surface area contributed by atoms with E-state index in [1.165, 1.54) is 19.4 Å². The van der Waals surface area contributed by atoms with Gasteiger partial charge in [-0.3, -0.25) is 4.79 Å². The zero-order chi connectivity index (χ0) is 9.68. The number of piperidine rings is 1. The fourth-order valence-corrected chi connectivity index (χ4v) is 1.95. The van der Waals surface area contributed by atoms with E-state index in [1.54, 1.807) is 0 Å². The zero-order valence-electron chi connectivity index (χ0n) is 8.62. The second kappa shape index (κ2) is 5.22. The van der Waals surface area contributed by atoms with Crippen LogP contribution in [0.2, 0.25) is 0 Å². The Balaban J connectivity index is 2.28. The van der Waals surface area contributed by atoms with Crippen molar-refractivity contribution in [2.75, 3.05) is 19.6 Å². The maximum absolute atomic E-state index is 10.1. The quantitative estimate of drug-likeness (QED) is 0.657. The molecule has 1 heterocycles. The number of hydrogen-bond donors (Lipinski definition) is 1. The Morgan fingerprint density at radius 2 is 2.38 bits per heavy atom. The van der Waals surface area contributed by atoms with Crippen LogP contribution in [0.1, 0.15) is 26.7 Å². The third-order valence-electron chi connectivity index (χ3n) is 2.77. The van der Waals surface area contributed by atoms with Crippen LogP contribution in [0, 0.1) is 5.92 Å². The van der Waals surface area contributed by atoms with Gasteiger partial charge in [-0.2, -0.15) is 0 Å². The van der Waals surface area contributed by atoms with Crippen molar-refractivity contribution in [3.63, 3.8) is 0 Å². The van der Waals surface area contributed by atoms with Gasteiger partial charge in [0.1, 0.15) is 0 Å². The molecule has 1 atom stereocenters. The molecule has 0 aromatic rings. The lowest BCUT2D eigenvalue weighted by Gasteiger charge is -2.35. The first kappa shape index (κ1) is 10.5. The lowest BCUT2D eigenvalue weighted by atomic mass is 9.97. The number of carbonyl (C=O) groups excluding carboxylic acids is 1. The van der Waals surface area contributed by atoms with Crippen molar-refractivity contribution < 1.29 is 4.79 Å². The van der Waals surface area contributed by atoms with Gasteiger partial charge in [-0.25, -0.2) is 0 Å². The molecule has 76 valence electrons. The van der Waals surface area contributed by atoms with Gasteiger partial charge in [-0.15, -0.1) is 0 Å². The van der Waals surface area contributed by atoms with Gasteiger partial charge in [0.2, 0.25) is 6.41 Å². The smallest absolute Gasteiger partial charge is 0.207 e. The monoisotopic (exact) mass is 184 g/mol. The molecule has 1 rings (SSSR count). The van der Waals surface area contributed by atoms with Crippen molar-refractivity contribution >= 4 is 6.41 Å². The second-order valence-corrected chi connectivity index (χ2v) is 4.12. The topological polar surface area (TPSA) is 32.3 Å². The lowest BCUT2D eigenvalue weighted by Crippen LogP contribution is -2.42. The standard InChI is InChI=1S/C10H20N2O/c1-9(2)12-5-3-4-10(7-12)6-11-8-13/h8-10H,3-7H2,1-2H3,(H,11,13)/t10-/m1/s1. The normalized spacial score (nSPS) is 24.7. The number of likely N-dealkylation sites (tertiary alicyclic amines) is 1. The number of hydrogen-bond acceptors (Lipinski definition) is 2. The van der Waals surface area contributed by atoms with Crippen LogP contribution in [-0.4, -0.2) is 37.0 Å². The van der Waals surface area contributed by atoms with E-state index in [0.29, 0.717) is 12.0 Å². The van der Waals surface area contributed by atoms with Crippen LogP contribution >= 0.6 is 0 Å². The number of amides is 1. The van der Waals surface area contributed by atoms with Crippen molar-refractivity contribution in [2.24, 2.45) is 5.92 Å². The Hall–Kier alpha value is -0.570. The highest BCUT2D eigenvalue weighted by Crippen LogP contribution is 2.17. The molecule has 1 aliphatic heterocycles. The van der Waals surface area contributed by atoms with Gasteiger partial charge in [0, 0.05) is 19.1 Å². The van der Waals surface area contributed by atoms with Crippen LogP contribution in [0.4, 0.5) is 0 Å². The van der Waals surface area contributed by atoms with E-state index in [1.807, 2.05) is 0 Å². The third kappa shape index (κ3) is 3.35. The molecule has 0 aromatic heterocycles. The Morgan fingerprint density at radius 1 is 1.62 bits per heavy atom. The maximum Gasteiger partial charge on any atom is 0.207 e. The molecule has 1 amide bonds. The minimum absolute atomic E-state index is 0.638. The molecule has 3 heteroatoms. The predicted octanol–water partition coefficient (Wildman–Crippen LogP) is 0.853. The van der Waals surface area contributed by atoms with Crippen molar-refractivity contribution in [2.45, 2.75) is 32.7 Å². The average Bonchev–Trinajstić information content (AvgIpc) is 2.15. The molecule has 1 N–H and O–H groups in total. The number of nitrogens with zero attached hydrogens (tertiary/aromatic N) is 1. The highest BCUT2D eigenvalue weighted by atomic mass is 16.1. The van der Waals surface area contributed by atoms with Gasteiger partial charge in [0.05, 0.1) is 0 Å². The summed E-state index contributed by atoms with van der Waals surface area (Å²) in [6, 6.07) is 0.638. The summed E-state index contributed by atoms with van der Waals surface area (Å²) in [6.45, 7) is 7.66. The fraction of sp³-hybridized carbons (Fsp3) is 0.900. The highest BCUT2D eigenvalue weighted by Gasteiger charge is 2.20. The number of rotatable bonds is 4. The molecule has 1 saturated heterocycles. The van der Waals surface area contributed by atoms with Gasteiger partial charge in [-0.05, 0) is 39.2 Å². The molecule has 0 saturated carbocycles. The third-order valence-corrected chi connectivity index (χ3v) is 2.77. The second-order valence-electron chi connectivity index (χ2n) is 4.12. The van der Waals surface area contributed by atoms with Crippen LogP contribution < -0.4 is 5.32 Å². The minimum atomic E-state index is 0.638. The SMILES string of the molecule is CC(C)N1CCC[C@H](CNC=O)C1. The zero-order valence-corrected chi connectivity index (χ0v) is 8.62. The summed E-state index contributed by atoms with van der Waals surface area (Å²) in [4.78, 5) is 12.6. The molecule has 0 radical (unpaired) electrons. The average molecular weight is 184 g/mol. The van der Waals surface area contributed by atoms with Gasteiger partial charge in [-0.1, -0.05) is 0 Å². The Bertz CT molecular complexity index is 159. The van der Waals surface area contributed by atoms with Gasteiger partial charge in [0.15, 0.2) is 0 Å². The molecular weight excluding hydrogens is 164 g/mol. The summed E-state index contributed by atoms with van der Waals surface area (Å²) < 4.78 is 0. The molecule has 0 aliphatic carbocycles. The molecule has 0 unspecified atom stereocenters. The number of carbonyl (C=O) groups is 1. The first-order valence-corrected chi connectivity index (χ1v) is 5.15. The minimum Gasteiger partial charge on any atom is -0.358 e. The highest BCUT2D eigenvalue weighted by molar-refractivity contribution is 5.45. The molecule has 0 spiro atoms. The predicted molar refractivity (Wildman–Crippen MR) is 53.5 cm³/mol. The molecule has 1 aliphatic rings. The van der Waals surface area contributed by atoms with E-state index in [2.05, 4.69) is 24.1 Å². The van der Waals surface area contributed by atoms with Crippen molar-refractivity contribution in [3.8, 4) is 0 Å². The molecule has 1 fully saturated rings. The molecule has 0 bridgehead atoms. The summed E-state index contributed by atoms with van der Waals surface area (Å²) in [5.74, 6) is 0.654. The largest absolute Gasteiger partial charge is 0.358 e. The summed E-state index contributed by atoms with van der Waals surface area (Å²) >= 11 is 0. The first-order valence-electron chi connectivity index (χ1n) is 5.15. The lowest BCUT2D eigenvalue weighted by molar-refractivity contribution is -0.109. The summed E-state index contributed by atoms with van der Waals surface area (Å²) in [6.07, 6.45) is 3.32. The van der Waals surface area contributed by atoms with Crippen molar-refractivity contribution in [1.82, 2.24) is 10.2 Å². The van der Waals surface area contributed by atoms with Gasteiger partial charge < -0.3 is 10.2 Å². The molecule has 13 heavy (non-hydrogen) atoms. The molecule has 3 nitrogen and oxygen atoms in total. The van der Waals surface area contributed by atoms with Crippen LogP contribution in [0.15, 0.2) is 0 Å². The van der Waals surface area contributed by atoms with Crippen molar-refractivity contribution in [3.05, 3.63) is 0 Å². The van der Waals surface area contributed by atoms with Crippen molar-refractivity contribution in [1.29, 1.82) is 0 Å². The van der Waals surface area contributed by atoms with Crippen LogP contribution in [0.25, 0.3) is 0 Å². The van der Waals surface area contributed by atoms with E-state index >= 15 is 0 Å². The maximum atomic E-state index is 10.1. The van der Waals surface area contributed by atoms with E-state index in [0.717, 1.165) is 19.5 Å². The molecule has 0 aromatic carbocycles. The fourth-order valence-electron chi connectivity index (χ4n) is 1.95. The van der Waals surface area contributed by atoms with Gasteiger partial charge in [0.25, 0.3) is 0 Å². The summed E-state index contributed by atoms with van der Waals surface area (Å²) in [5.41, 5.74) is 0. The van der Waals surface area contributed by atoms with Crippen LogP contribution in [-0.2, 0) is 4.79 Å². The Morgan fingerprint density at radius 3 is 3.00 bits per heavy atom. The summed E-state index contributed by atoms with van der Waals surface area (Å²) in [7, 11) is 0. The van der Waals surface area contributed by atoms with E-state index in [4.69, 9.17) is 0 Å². The first-order chi connectivity index (χ1) is 6.24. The molecular formula is C10H20N2O. The number of nitrogens with one attached hydrogen (secondary N) is 1.